The fourth-order valence-electron chi connectivity index (χ4n) is 14.2. The molecule has 0 bridgehead atoms. The summed E-state index contributed by atoms with van der Waals surface area (Å²) >= 11 is 20.6. The molecule has 0 aliphatic rings. The SMILES string of the molecule is CCCCCCC(CCSCc1ccccc1)SCc1ccccc1.COCCCCCC(CCSCc1ccccc1)SCc1ccccc1.N#CCCCCC(CCSCc1ccccc1)SCc1ccccc1.O=S(=O)(O)CCCCC(CCSCc1ccccc1)SCc1ccccc1.c1ccc(CSCCC(CCCCc2nn[nH]n2)SCc2ccccc2)cc1. The lowest BCUT2D eigenvalue weighted by molar-refractivity contribution is 0.192. The van der Waals surface area contributed by atoms with Gasteiger partial charge in [0.1, 0.15) is 0 Å². The number of ether oxygens (including phenoxy) is 1. The Bertz CT molecular complexity index is 4560. The minimum Gasteiger partial charge on any atom is -0.385 e. The Kier molecular flexibility index (Phi) is 66.1. The van der Waals surface area contributed by atoms with E-state index < -0.39 is 10.1 Å². The van der Waals surface area contributed by atoms with Crippen LogP contribution in [0, 0.1) is 11.3 Å². The Hall–Kier alpha value is -5.87. The van der Waals surface area contributed by atoms with Gasteiger partial charge in [-0.3, -0.25) is 4.55 Å². The summed E-state index contributed by atoms with van der Waals surface area (Å²) in [5.41, 5.74) is 14.1. The molecule has 0 radical (unpaired) electrons. The van der Waals surface area contributed by atoms with Crippen LogP contribution < -0.4 is 0 Å². The van der Waals surface area contributed by atoms with Gasteiger partial charge in [-0.15, -0.1) is 10.2 Å². The summed E-state index contributed by atoms with van der Waals surface area (Å²) in [6.07, 6.45) is 29.2. The van der Waals surface area contributed by atoms with Gasteiger partial charge in [0.05, 0.1) is 11.8 Å². The number of benzene rings is 10. The van der Waals surface area contributed by atoms with Crippen LogP contribution in [0.5, 0.6) is 0 Å². The van der Waals surface area contributed by atoms with Crippen molar-refractivity contribution in [2.24, 2.45) is 0 Å². The van der Waals surface area contributed by atoms with Crippen LogP contribution in [0.4, 0.5) is 0 Å². The van der Waals surface area contributed by atoms with Crippen molar-refractivity contribution in [2.45, 2.75) is 251 Å². The van der Waals surface area contributed by atoms with Crippen LogP contribution in [0.15, 0.2) is 303 Å². The minimum atomic E-state index is -3.84. The fraction of sp³-hybridized carbons (Fsp3) is 0.441. The fourth-order valence-corrected chi connectivity index (χ4v) is 26.8. The number of aromatic amines is 1. The maximum absolute atomic E-state index is 10.9. The van der Waals surface area contributed by atoms with E-state index in [1.165, 1.54) is 188 Å². The number of methoxy groups -OCH3 is 1. The molecule has 0 aliphatic carbocycles. The Balaban J connectivity index is 0.000000224. The van der Waals surface area contributed by atoms with Gasteiger partial charge in [-0.1, -0.05) is 373 Å². The summed E-state index contributed by atoms with van der Waals surface area (Å²) < 4.78 is 35.8. The number of nitriles is 1. The quantitative estimate of drug-likeness (QED) is 0.0275. The number of hydrogen-bond acceptors (Lipinski definition) is 17. The number of thioether (sulfide) groups is 10. The van der Waals surface area contributed by atoms with Gasteiger partial charge >= 0.3 is 0 Å². The van der Waals surface area contributed by atoms with Crippen molar-refractivity contribution in [1.82, 2.24) is 20.6 Å². The maximum Gasteiger partial charge on any atom is 0.264 e. The van der Waals surface area contributed by atoms with Gasteiger partial charge in [-0.2, -0.15) is 137 Å². The molecular formula is C111H147N5O4S11. The molecule has 1 aromatic heterocycles. The van der Waals surface area contributed by atoms with Crippen molar-refractivity contribution in [3.8, 4) is 6.07 Å². The third-order valence-corrected chi connectivity index (χ3v) is 35.0. The molecule has 10 aromatic carbocycles. The predicted octanol–water partition coefficient (Wildman–Crippen LogP) is 32.3. The van der Waals surface area contributed by atoms with Crippen molar-refractivity contribution >= 4 is 128 Å². The zero-order valence-electron chi connectivity index (χ0n) is 77.9. The monoisotopic (exact) mass is 1970 g/mol. The van der Waals surface area contributed by atoms with E-state index >= 15 is 0 Å². The molecule has 0 aliphatic heterocycles. The summed E-state index contributed by atoms with van der Waals surface area (Å²) in [6, 6.07) is 110. The first kappa shape index (κ1) is 112. The summed E-state index contributed by atoms with van der Waals surface area (Å²) in [7, 11) is -2.05. The molecule has 0 amide bonds. The smallest absolute Gasteiger partial charge is 0.264 e. The zero-order valence-corrected chi connectivity index (χ0v) is 86.9. The minimum absolute atomic E-state index is 0.133. The van der Waals surface area contributed by atoms with Crippen LogP contribution in [0.2, 0.25) is 0 Å². The average molecular weight is 1970 g/mol. The largest absolute Gasteiger partial charge is 0.385 e. The summed E-state index contributed by atoms with van der Waals surface area (Å²) in [5.74, 6) is 17.7. The van der Waals surface area contributed by atoms with E-state index in [2.05, 4.69) is 395 Å². The normalized spacial score (nSPS) is 12.2. The summed E-state index contributed by atoms with van der Waals surface area (Å²) in [4.78, 5) is 0. The number of tetrazole rings is 1. The molecule has 0 spiro atoms. The van der Waals surface area contributed by atoms with Crippen LogP contribution >= 0.6 is 118 Å². The average Bonchev–Trinajstić information content (AvgIpc) is 1.16. The van der Waals surface area contributed by atoms with Crippen LogP contribution in [-0.4, -0.2) is 108 Å². The molecule has 11 aromatic rings. The maximum atomic E-state index is 10.9. The Labute approximate surface area is 833 Å². The van der Waals surface area contributed by atoms with E-state index in [0.29, 0.717) is 28.6 Å². The lowest BCUT2D eigenvalue weighted by atomic mass is 10.1. The zero-order chi connectivity index (χ0) is 92.1. The number of H-pyrrole nitrogens is 1. The lowest BCUT2D eigenvalue weighted by Gasteiger charge is -2.17. The van der Waals surface area contributed by atoms with Crippen LogP contribution in [0.3, 0.4) is 0 Å². The van der Waals surface area contributed by atoms with E-state index in [-0.39, 0.29) is 5.75 Å². The predicted molar refractivity (Wildman–Crippen MR) is 589 cm³/mol. The molecular weight excluding hydrogens is 1820 g/mol. The number of unbranched alkanes of at least 4 members (excludes halogenated alkanes) is 9. The summed E-state index contributed by atoms with van der Waals surface area (Å²) in [6.45, 7) is 3.19. The molecule has 20 heteroatoms. The van der Waals surface area contributed by atoms with E-state index in [1.807, 2.05) is 59.2 Å². The van der Waals surface area contributed by atoms with Gasteiger partial charge in [0, 0.05) is 110 Å². The molecule has 0 saturated heterocycles. The van der Waals surface area contributed by atoms with E-state index in [1.54, 1.807) is 7.11 Å². The van der Waals surface area contributed by atoms with Gasteiger partial charge in [0.15, 0.2) is 5.82 Å². The molecule has 0 fully saturated rings. The van der Waals surface area contributed by atoms with Crippen molar-refractivity contribution in [1.29, 1.82) is 5.26 Å². The molecule has 2 N–H and O–H groups in total. The highest BCUT2D eigenvalue weighted by Gasteiger charge is 2.17. The second kappa shape index (κ2) is 77.2. The van der Waals surface area contributed by atoms with Crippen molar-refractivity contribution in [3.63, 3.8) is 0 Å². The highest BCUT2D eigenvalue weighted by Crippen LogP contribution is 2.34. The lowest BCUT2D eigenvalue weighted by Crippen LogP contribution is -2.08. The second-order valence-corrected chi connectivity index (χ2v) is 46.2. The Morgan fingerprint density at radius 2 is 0.565 bits per heavy atom. The molecule has 11 rings (SSSR count). The number of nitrogens with one attached hydrogen (secondary N) is 1. The number of aryl methyl sites for hydroxylation is 1. The van der Waals surface area contributed by atoms with Crippen molar-refractivity contribution in [3.05, 3.63) is 365 Å². The number of aromatic nitrogens is 4. The number of rotatable bonds is 65. The third-order valence-electron chi connectivity index (χ3n) is 21.7. The first-order valence-electron chi connectivity index (χ1n) is 47.5. The van der Waals surface area contributed by atoms with Gasteiger partial charge in [-0.05, 0) is 174 Å². The topological polar surface area (TPSA) is 142 Å². The number of hydrogen-bond donors (Lipinski definition) is 2. The van der Waals surface area contributed by atoms with E-state index in [4.69, 9.17) is 14.6 Å². The van der Waals surface area contributed by atoms with Crippen molar-refractivity contribution < 1.29 is 17.7 Å². The summed E-state index contributed by atoms with van der Waals surface area (Å²) in [5, 5.41) is 26.4. The van der Waals surface area contributed by atoms with Crippen LogP contribution in [-0.2, 0) is 78.8 Å². The van der Waals surface area contributed by atoms with Gasteiger partial charge in [0.25, 0.3) is 10.1 Å². The highest BCUT2D eigenvalue weighted by atomic mass is 32.2. The van der Waals surface area contributed by atoms with Gasteiger partial charge in [-0.25, -0.2) is 0 Å². The van der Waals surface area contributed by atoms with Gasteiger partial charge in [0.2, 0.25) is 0 Å². The highest BCUT2D eigenvalue weighted by molar-refractivity contribution is 8.01. The third kappa shape index (κ3) is 60.4. The molecule has 9 nitrogen and oxygen atoms in total. The molecule has 1 heterocycles. The Morgan fingerprint density at radius 1 is 0.321 bits per heavy atom. The van der Waals surface area contributed by atoms with Crippen molar-refractivity contribution in [2.75, 3.05) is 48.2 Å². The molecule has 131 heavy (non-hydrogen) atoms. The van der Waals surface area contributed by atoms with Gasteiger partial charge < -0.3 is 4.74 Å². The first-order valence-corrected chi connectivity index (χ1v) is 60.1. The molecule has 706 valence electrons. The number of nitrogens with zero attached hydrogens (tertiary/aromatic N) is 4. The standard InChI is InChI=1S/C23H32OS2.C23H32S2.C22H28N4S2.C22H27NS2.C21H28O3S3/c1-24-17-10-4-9-15-23(26-20-22-13-7-3-8-14-22)16-18-25-19-21-11-5-2-6-12-21;1-2-3-4-11-16-23(25-20-22-14-9-6-10-15-22)17-18-24-19-21-12-7-5-8-13-21;1-3-9-19(10-4-1)17-27-16-15-21(28-18-20-11-5-2-6-12-20)13-7-8-14-22-23-25-26-24-22;23-16-9-3-8-14-22(25-19-21-12-6-2-7-13-21)15-17-24-18-20-10-4-1-5-11-20;22-27(23,24)16-8-7-13-21(26-18-20-11-5-2-6-12-20)14-15-25-17-19-9-3-1-4-10-19/h2-3,5-8,11-14,23H,4,9-10,15-20H2,1H3;5-10,12-15,23H,2-4,11,16-20H2,1H3;1-6,9-12,21H,7-8,13-18H2,(H,23,24,25,26);1-2,4-7,10-13,22H,3,8-9,14-15,17-19H2;1-6,9-12,21H,7-8,13-18H2,(H,22,23,24). The molecule has 5 atom stereocenters. The first-order chi connectivity index (χ1) is 64.6. The van der Waals surface area contributed by atoms with E-state index in [9.17, 15) is 8.42 Å². The van der Waals surface area contributed by atoms with Crippen LogP contribution in [0.1, 0.15) is 222 Å². The van der Waals surface area contributed by atoms with Crippen LogP contribution in [0.25, 0.3) is 0 Å². The Morgan fingerprint density at radius 3 is 0.802 bits per heavy atom. The second-order valence-electron chi connectivity index (χ2n) is 32.7. The molecule has 0 saturated carbocycles. The molecule has 5 unspecified atom stereocenters. The van der Waals surface area contributed by atoms with E-state index in [0.717, 1.165) is 125 Å².